The summed E-state index contributed by atoms with van der Waals surface area (Å²) in [5, 5.41) is 2.61. The molecule has 3 aromatic carbocycles. The maximum atomic E-state index is 5.52. The molecule has 1 fully saturated rings. The fourth-order valence-corrected chi connectivity index (χ4v) is 4.92. The molecule has 5 rings (SSSR count). The molecule has 1 saturated heterocycles. The fourth-order valence-electron chi connectivity index (χ4n) is 4.92. The number of hydrogen-bond donors (Lipinski definition) is 0. The van der Waals surface area contributed by atoms with Crippen molar-refractivity contribution in [3.8, 4) is 28.5 Å². The number of ether oxygens (including phenoxy) is 3. The second-order valence-electron chi connectivity index (χ2n) is 9.20. The Morgan fingerprint density at radius 1 is 0.667 bits per heavy atom. The van der Waals surface area contributed by atoms with Crippen LogP contribution < -0.4 is 14.2 Å². The number of hydrogen-bond acceptors (Lipinski definition) is 6. The normalized spacial score (nSPS) is 14.6. The number of piperazine rings is 1. The van der Waals surface area contributed by atoms with Gasteiger partial charge in [-0.25, -0.2) is 0 Å². The molecule has 0 aliphatic carbocycles. The standard InChI is InChI=1S/C30H33N3O3/c1-34-28-18-26(19-29(35-2)30(28)36-3)27-17-23(10-11-31-27)21-33-14-12-32(13-15-33)20-22-8-9-24-6-4-5-7-25(24)16-22/h4-11,16-19H,12-15,20-21H2,1-3H3. The van der Waals surface area contributed by atoms with Crippen LogP contribution in [0.15, 0.2) is 72.9 Å². The summed E-state index contributed by atoms with van der Waals surface area (Å²) < 4.78 is 16.5. The smallest absolute Gasteiger partial charge is 0.203 e. The maximum Gasteiger partial charge on any atom is 0.203 e. The molecule has 0 saturated carbocycles. The van der Waals surface area contributed by atoms with Crippen LogP contribution >= 0.6 is 0 Å². The van der Waals surface area contributed by atoms with Gasteiger partial charge >= 0.3 is 0 Å². The molecule has 0 unspecified atom stereocenters. The first-order valence-electron chi connectivity index (χ1n) is 12.3. The molecular formula is C30H33N3O3. The molecule has 0 spiro atoms. The lowest BCUT2D eigenvalue weighted by atomic mass is 10.1. The summed E-state index contributed by atoms with van der Waals surface area (Å²) in [4.78, 5) is 9.68. The summed E-state index contributed by atoms with van der Waals surface area (Å²) >= 11 is 0. The van der Waals surface area contributed by atoms with Crippen LogP contribution in [-0.2, 0) is 13.1 Å². The lowest BCUT2D eigenvalue weighted by Gasteiger charge is -2.34. The molecule has 1 aliphatic rings. The van der Waals surface area contributed by atoms with Crippen molar-refractivity contribution in [2.75, 3.05) is 47.5 Å². The molecule has 1 aliphatic heterocycles. The van der Waals surface area contributed by atoms with Gasteiger partial charge in [-0.3, -0.25) is 14.8 Å². The van der Waals surface area contributed by atoms with E-state index >= 15 is 0 Å². The van der Waals surface area contributed by atoms with Crippen LogP contribution in [0.3, 0.4) is 0 Å². The minimum atomic E-state index is 0.585. The van der Waals surface area contributed by atoms with Crippen molar-refractivity contribution in [1.29, 1.82) is 0 Å². The summed E-state index contributed by atoms with van der Waals surface area (Å²) in [6, 6.07) is 23.5. The molecule has 1 aromatic heterocycles. The highest BCUT2D eigenvalue weighted by atomic mass is 16.5. The Balaban J connectivity index is 1.22. The van der Waals surface area contributed by atoms with Crippen molar-refractivity contribution in [2.45, 2.75) is 13.1 Å². The van der Waals surface area contributed by atoms with Crippen molar-refractivity contribution >= 4 is 10.8 Å². The van der Waals surface area contributed by atoms with E-state index in [1.54, 1.807) is 21.3 Å². The lowest BCUT2D eigenvalue weighted by molar-refractivity contribution is 0.122. The van der Waals surface area contributed by atoms with Crippen molar-refractivity contribution in [2.24, 2.45) is 0 Å². The van der Waals surface area contributed by atoms with Crippen LogP contribution in [-0.4, -0.2) is 62.3 Å². The van der Waals surface area contributed by atoms with E-state index in [0.717, 1.165) is 50.5 Å². The number of aromatic nitrogens is 1. The van der Waals surface area contributed by atoms with Crippen molar-refractivity contribution in [3.05, 3.63) is 84.1 Å². The number of benzene rings is 3. The molecule has 0 amide bonds. The van der Waals surface area contributed by atoms with Crippen LogP contribution in [0.5, 0.6) is 17.2 Å². The summed E-state index contributed by atoms with van der Waals surface area (Å²) in [6.45, 7) is 6.14. The Bertz CT molecular complexity index is 1310. The fraction of sp³-hybridized carbons (Fsp3) is 0.300. The van der Waals surface area contributed by atoms with Gasteiger partial charge in [-0.15, -0.1) is 0 Å². The zero-order valence-electron chi connectivity index (χ0n) is 21.2. The molecule has 2 heterocycles. The van der Waals surface area contributed by atoms with Gasteiger partial charge in [0.2, 0.25) is 5.75 Å². The van der Waals surface area contributed by atoms with Crippen LogP contribution in [0, 0.1) is 0 Å². The van der Waals surface area contributed by atoms with E-state index in [0.29, 0.717) is 17.2 Å². The van der Waals surface area contributed by atoms with E-state index in [9.17, 15) is 0 Å². The maximum absolute atomic E-state index is 5.52. The Morgan fingerprint density at radius 3 is 1.89 bits per heavy atom. The minimum absolute atomic E-state index is 0.585. The van der Waals surface area contributed by atoms with E-state index in [1.807, 2.05) is 18.3 Å². The average Bonchev–Trinajstić information content (AvgIpc) is 2.93. The number of rotatable bonds is 8. The molecule has 6 heteroatoms. The Hall–Kier alpha value is -3.61. The average molecular weight is 484 g/mol. The quantitative estimate of drug-likeness (QED) is 0.341. The highest BCUT2D eigenvalue weighted by Gasteiger charge is 2.18. The highest BCUT2D eigenvalue weighted by Crippen LogP contribution is 2.40. The molecular weight excluding hydrogens is 450 g/mol. The van der Waals surface area contributed by atoms with Crippen molar-refractivity contribution in [3.63, 3.8) is 0 Å². The number of methoxy groups -OCH3 is 3. The summed E-state index contributed by atoms with van der Waals surface area (Å²) in [5.74, 6) is 1.84. The lowest BCUT2D eigenvalue weighted by Crippen LogP contribution is -2.45. The molecule has 6 nitrogen and oxygen atoms in total. The van der Waals surface area contributed by atoms with Crippen LogP contribution in [0.1, 0.15) is 11.1 Å². The number of fused-ring (bicyclic) bond motifs is 1. The second-order valence-corrected chi connectivity index (χ2v) is 9.20. The van der Waals surface area contributed by atoms with Gasteiger partial charge in [-0.2, -0.15) is 0 Å². The zero-order valence-corrected chi connectivity index (χ0v) is 21.2. The molecule has 0 N–H and O–H groups in total. The van der Waals surface area contributed by atoms with Crippen LogP contribution in [0.25, 0.3) is 22.0 Å². The van der Waals surface area contributed by atoms with Crippen molar-refractivity contribution in [1.82, 2.24) is 14.8 Å². The van der Waals surface area contributed by atoms with Crippen LogP contribution in [0.4, 0.5) is 0 Å². The van der Waals surface area contributed by atoms with Gasteiger partial charge in [0.15, 0.2) is 11.5 Å². The monoisotopic (exact) mass is 483 g/mol. The number of pyridine rings is 1. The van der Waals surface area contributed by atoms with Gasteiger partial charge in [0.05, 0.1) is 27.0 Å². The van der Waals surface area contributed by atoms with Crippen LogP contribution in [0.2, 0.25) is 0 Å². The third kappa shape index (κ3) is 5.30. The topological polar surface area (TPSA) is 47.1 Å². The summed E-state index contributed by atoms with van der Waals surface area (Å²) in [6.07, 6.45) is 1.88. The molecule has 0 atom stereocenters. The second kappa shape index (κ2) is 11.0. The first kappa shape index (κ1) is 24.1. The molecule has 0 radical (unpaired) electrons. The van der Waals surface area contributed by atoms with E-state index in [-0.39, 0.29) is 0 Å². The molecule has 36 heavy (non-hydrogen) atoms. The summed E-state index contributed by atoms with van der Waals surface area (Å²) in [5.41, 5.74) is 4.45. The third-order valence-electron chi connectivity index (χ3n) is 6.88. The minimum Gasteiger partial charge on any atom is -0.493 e. The van der Waals surface area contributed by atoms with E-state index in [4.69, 9.17) is 14.2 Å². The molecule has 186 valence electrons. The first-order valence-corrected chi connectivity index (χ1v) is 12.3. The number of nitrogens with zero attached hydrogens (tertiary/aromatic N) is 3. The van der Waals surface area contributed by atoms with E-state index in [2.05, 4.69) is 69.4 Å². The summed E-state index contributed by atoms with van der Waals surface area (Å²) in [7, 11) is 4.87. The molecule has 4 aromatic rings. The third-order valence-corrected chi connectivity index (χ3v) is 6.88. The Labute approximate surface area is 213 Å². The first-order chi connectivity index (χ1) is 17.7. The van der Waals surface area contributed by atoms with E-state index in [1.165, 1.54) is 21.9 Å². The van der Waals surface area contributed by atoms with Gasteiger partial charge in [-0.05, 0) is 52.2 Å². The van der Waals surface area contributed by atoms with Gasteiger partial charge in [0, 0.05) is 51.0 Å². The Morgan fingerprint density at radius 2 is 1.28 bits per heavy atom. The van der Waals surface area contributed by atoms with Crippen molar-refractivity contribution < 1.29 is 14.2 Å². The van der Waals surface area contributed by atoms with Gasteiger partial charge in [0.25, 0.3) is 0 Å². The van der Waals surface area contributed by atoms with Gasteiger partial charge in [0.1, 0.15) is 0 Å². The predicted molar refractivity (Wildman–Crippen MR) is 144 cm³/mol. The highest BCUT2D eigenvalue weighted by molar-refractivity contribution is 5.83. The van der Waals surface area contributed by atoms with Gasteiger partial charge in [-0.1, -0.05) is 36.4 Å². The largest absolute Gasteiger partial charge is 0.493 e. The van der Waals surface area contributed by atoms with E-state index < -0.39 is 0 Å². The Kier molecular flexibility index (Phi) is 7.35. The van der Waals surface area contributed by atoms with Gasteiger partial charge < -0.3 is 14.2 Å². The molecule has 0 bridgehead atoms. The predicted octanol–water partition coefficient (Wildman–Crippen LogP) is 5.25. The SMILES string of the molecule is COc1cc(-c2cc(CN3CCN(Cc4ccc5ccccc5c4)CC3)ccn2)cc(OC)c1OC. The zero-order chi connectivity index (χ0) is 24.9.